The molecule has 0 amide bonds. The van der Waals surface area contributed by atoms with Gasteiger partial charge in [0.1, 0.15) is 5.78 Å². The fourth-order valence-electron chi connectivity index (χ4n) is 7.75. The van der Waals surface area contributed by atoms with Gasteiger partial charge in [0, 0.05) is 13.0 Å². The highest BCUT2D eigenvalue weighted by Crippen LogP contribution is 2.67. The molecule has 4 rings (SSSR count). The van der Waals surface area contributed by atoms with Crippen molar-refractivity contribution in [3.05, 3.63) is 11.6 Å². The number of nitrogens with zero attached hydrogens (tertiary/aromatic N) is 1. The van der Waals surface area contributed by atoms with Crippen LogP contribution >= 0.6 is 0 Å². The van der Waals surface area contributed by atoms with Crippen molar-refractivity contribution in [2.75, 3.05) is 7.11 Å². The van der Waals surface area contributed by atoms with Gasteiger partial charge in [0.15, 0.2) is 0 Å². The Labute approximate surface area is 158 Å². The Balaban J connectivity index is 1.67. The Kier molecular flexibility index (Phi) is 4.35. The van der Waals surface area contributed by atoms with Gasteiger partial charge < -0.3 is 4.74 Å². The number of ketones is 1. The van der Waals surface area contributed by atoms with E-state index in [4.69, 9.17) is 4.74 Å². The van der Waals surface area contributed by atoms with E-state index in [1.165, 1.54) is 12.8 Å². The number of allylic oxidation sites excluding steroid dienone is 1. The van der Waals surface area contributed by atoms with E-state index in [1.807, 2.05) is 7.11 Å². The molecule has 0 N–H and O–H groups in total. The lowest BCUT2D eigenvalue weighted by Gasteiger charge is -2.58. The SMILES string of the molecule is CO[C@H]1CC[C@@]2(C)C(=CC[C@H]3[C@@H]4C[C@@H](C#N)[C@H](C(C)=O)[C@@]4(C)CC[C@@H]32)C1. The van der Waals surface area contributed by atoms with Gasteiger partial charge in [-0.1, -0.05) is 25.5 Å². The fraction of sp³-hybridized carbons (Fsp3) is 0.826. The highest BCUT2D eigenvalue weighted by molar-refractivity contribution is 5.80. The number of ether oxygens (including phenoxy) is 1. The minimum Gasteiger partial charge on any atom is -0.381 e. The summed E-state index contributed by atoms with van der Waals surface area (Å²) in [6.45, 7) is 6.52. The first kappa shape index (κ1) is 18.2. The topological polar surface area (TPSA) is 50.1 Å². The van der Waals surface area contributed by atoms with Gasteiger partial charge in [-0.15, -0.1) is 0 Å². The smallest absolute Gasteiger partial charge is 0.134 e. The van der Waals surface area contributed by atoms with Crippen molar-refractivity contribution in [2.24, 2.45) is 40.4 Å². The fourth-order valence-corrected chi connectivity index (χ4v) is 7.75. The third kappa shape index (κ3) is 2.37. The van der Waals surface area contributed by atoms with Crippen LogP contribution in [0.4, 0.5) is 0 Å². The average molecular weight is 356 g/mol. The van der Waals surface area contributed by atoms with Gasteiger partial charge in [-0.3, -0.25) is 4.79 Å². The molecular weight excluding hydrogens is 322 g/mol. The molecule has 0 bridgehead atoms. The molecule has 3 nitrogen and oxygen atoms in total. The van der Waals surface area contributed by atoms with Crippen LogP contribution in [0.15, 0.2) is 11.6 Å². The molecular formula is C23H33NO2. The third-order valence-electron chi connectivity index (χ3n) is 9.05. The minimum atomic E-state index is -0.0799. The highest BCUT2D eigenvalue weighted by atomic mass is 16.5. The molecule has 0 unspecified atom stereocenters. The van der Waals surface area contributed by atoms with Crippen molar-refractivity contribution >= 4 is 5.78 Å². The minimum absolute atomic E-state index is 0.0266. The van der Waals surface area contributed by atoms with Crippen LogP contribution in [0, 0.1) is 51.8 Å². The molecule has 0 aliphatic heterocycles. The van der Waals surface area contributed by atoms with Crippen molar-refractivity contribution in [2.45, 2.75) is 71.8 Å². The summed E-state index contributed by atoms with van der Waals surface area (Å²) in [5.74, 6) is 1.98. The number of hydrogen-bond donors (Lipinski definition) is 0. The van der Waals surface area contributed by atoms with Crippen LogP contribution in [0.2, 0.25) is 0 Å². The van der Waals surface area contributed by atoms with Crippen molar-refractivity contribution in [1.82, 2.24) is 0 Å². The van der Waals surface area contributed by atoms with Crippen LogP contribution in [0.5, 0.6) is 0 Å². The number of rotatable bonds is 2. The van der Waals surface area contributed by atoms with Gasteiger partial charge >= 0.3 is 0 Å². The number of Topliss-reactive ketones (excluding diaryl/α,β-unsaturated/α-hetero) is 1. The summed E-state index contributed by atoms with van der Waals surface area (Å²) in [6.07, 6.45) is 10.8. The first-order valence-corrected chi connectivity index (χ1v) is 10.5. The molecule has 3 saturated carbocycles. The third-order valence-corrected chi connectivity index (χ3v) is 9.05. The molecule has 0 radical (unpaired) electrons. The van der Waals surface area contributed by atoms with Crippen LogP contribution in [-0.4, -0.2) is 19.0 Å². The van der Waals surface area contributed by atoms with E-state index in [2.05, 4.69) is 26.0 Å². The lowest BCUT2D eigenvalue weighted by Crippen LogP contribution is -2.51. The maximum Gasteiger partial charge on any atom is 0.134 e. The predicted molar refractivity (Wildman–Crippen MR) is 101 cm³/mol. The molecule has 0 aromatic rings. The maximum absolute atomic E-state index is 12.4. The predicted octanol–water partition coefficient (Wildman–Crippen LogP) is 4.92. The number of methoxy groups -OCH3 is 1. The van der Waals surface area contributed by atoms with E-state index in [9.17, 15) is 10.1 Å². The van der Waals surface area contributed by atoms with Gasteiger partial charge in [0.25, 0.3) is 0 Å². The molecule has 0 heterocycles. The molecule has 0 aromatic carbocycles. The lowest BCUT2D eigenvalue weighted by molar-refractivity contribution is -0.128. The van der Waals surface area contributed by atoms with Gasteiger partial charge in [-0.25, -0.2) is 0 Å². The summed E-state index contributed by atoms with van der Waals surface area (Å²) in [5.41, 5.74) is 1.95. The van der Waals surface area contributed by atoms with Gasteiger partial charge in [-0.2, -0.15) is 5.26 Å². The molecule has 4 aliphatic carbocycles. The summed E-state index contributed by atoms with van der Waals surface area (Å²) in [7, 11) is 1.84. The van der Waals surface area contributed by atoms with Crippen molar-refractivity contribution < 1.29 is 9.53 Å². The monoisotopic (exact) mass is 355 g/mol. The molecule has 0 spiro atoms. The Morgan fingerprint density at radius 2 is 2.04 bits per heavy atom. The van der Waals surface area contributed by atoms with Crippen LogP contribution in [0.1, 0.15) is 65.7 Å². The number of carbonyl (C=O) groups is 1. The standard InChI is InChI=1S/C23H33NO2/c1-14(25)21-15(13-24)11-20-18-6-5-16-12-17(26-4)7-9-22(16,2)19(18)8-10-23(20,21)3/h5,15,17-21H,6-12H2,1-4H3/t15-,17-,18+,19-,20-,21-,22-,23-/m0/s1. The molecule has 8 atom stereocenters. The molecule has 0 aromatic heterocycles. The average Bonchev–Trinajstić information content (AvgIpc) is 2.93. The number of fused-ring (bicyclic) bond motifs is 5. The Bertz CT molecular complexity index is 676. The first-order chi connectivity index (χ1) is 12.3. The Morgan fingerprint density at radius 1 is 1.27 bits per heavy atom. The molecule has 142 valence electrons. The zero-order valence-electron chi connectivity index (χ0n) is 16.8. The Morgan fingerprint density at radius 3 is 2.69 bits per heavy atom. The van der Waals surface area contributed by atoms with Crippen LogP contribution in [0.3, 0.4) is 0 Å². The maximum atomic E-state index is 12.4. The van der Waals surface area contributed by atoms with Crippen LogP contribution < -0.4 is 0 Å². The number of hydrogen-bond acceptors (Lipinski definition) is 3. The summed E-state index contributed by atoms with van der Waals surface area (Å²) >= 11 is 0. The number of carbonyl (C=O) groups excluding carboxylic acids is 1. The highest BCUT2D eigenvalue weighted by Gasteiger charge is 2.62. The summed E-state index contributed by atoms with van der Waals surface area (Å²) in [4.78, 5) is 12.4. The summed E-state index contributed by atoms with van der Waals surface area (Å²) < 4.78 is 5.66. The molecule has 3 heteroatoms. The normalized spacial score (nSPS) is 50.0. The van der Waals surface area contributed by atoms with Crippen LogP contribution in [-0.2, 0) is 9.53 Å². The molecule has 0 saturated heterocycles. The van der Waals surface area contributed by atoms with E-state index in [0.29, 0.717) is 29.3 Å². The second-order valence-electron chi connectivity index (χ2n) is 9.96. The lowest BCUT2D eigenvalue weighted by atomic mass is 9.47. The van der Waals surface area contributed by atoms with Gasteiger partial charge in [-0.05, 0) is 80.5 Å². The molecule has 4 aliphatic rings. The van der Waals surface area contributed by atoms with Crippen molar-refractivity contribution in [3.8, 4) is 6.07 Å². The number of nitriles is 1. The quantitative estimate of drug-likeness (QED) is 0.661. The summed E-state index contributed by atoms with van der Waals surface area (Å²) in [6, 6.07) is 2.50. The van der Waals surface area contributed by atoms with E-state index < -0.39 is 0 Å². The summed E-state index contributed by atoms with van der Waals surface area (Å²) in [5, 5.41) is 9.71. The van der Waals surface area contributed by atoms with Crippen LogP contribution in [0.25, 0.3) is 0 Å². The molecule has 3 fully saturated rings. The zero-order chi connectivity index (χ0) is 18.7. The molecule has 26 heavy (non-hydrogen) atoms. The van der Waals surface area contributed by atoms with E-state index in [1.54, 1.807) is 12.5 Å². The van der Waals surface area contributed by atoms with Crippen molar-refractivity contribution in [1.29, 1.82) is 5.26 Å². The first-order valence-electron chi connectivity index (χ1n) is 10.5. The largest absolute Gasteiger partial charge is 0.381 e. The zero-order valence-corrected chi connectivity index (χ0v) is 16.8. The Hall–Kier alpha value is -1.14. The second kappa shape index (κ2) is 6.20. The van der Waals surface area contributed by atoms with Gasteiger partial charge in [0.2, 0.25) is 0 Å². The van der Waals surface area contributed by atoms with Crippen molar-refractivity contribution in [3.63, 3.8) is 0 Å². The van der Waals surface area contributed by atoms with E-state index in [-0.39, 0.29) is 23.0 Å². The second-order valence-corrected chi connectivity index (χ2v) is 9.96. The van der Waals surface area contributed by atoms with Gasteiger partial charge in [0.05, 0.1) is 18.1 Å². The van der Waals surface area contributed by atoms with E-state index in [0.717, 1.165) is 32.1 Å². The van der Waals surface area contributed by atoms with E-state index >= 15 is 0 Å².